The van der Waals surface area contributed by atoms with E-state index < -0.39 is 0 Å². The van der Waals surface area contributed by atoms with Crippen LogP contribution < -0.4 is 0 Å². The molecule has 2 aromatic heterocycles. The second kappa shape index (κ2) is 4.98. The van der Waals surface area contributed by atoms with Gasteiger partial charge in [0.1, 0.15) is 0 Å². The van der Waals surface area contributed by atoms with Gasteiger partial charge in [-0.2, -0.15) is 0 Å². The molecule has 0 atom stereocenters. The number of hydrogen-bond donors (Lipinski definition) is 1. The molecule has 2 aliphatic rings. The Labute approximate surface area is 122 Å². The minimum atomic E-state index is -0.00192. The quantitative estimate of drug-likeness (QED) is 0.923. The van der Waals surface area contributed by atoms with Crippen LogP contribution >= 0.6 is 11.3 Å². The van der Waals surface area contributed by atoms with Gasteiger partial charge in [0.25, 0.3) is 0 Å². The first-order chi connectivity index (χ1) is 9.86. The van der Waals surface area contributed by atoms with Gasteiger partial charge in [-0.1, -0.05) is 0 Å². The van der Waals surface area contributed by atoms with E-state index >= 15 is 0 Å². The number of H-pyrrole nitrogens is 1. The highest BCUT2D eigenvalue weighted by atomic mass is 32.1. The van der Waals surface area contributed by atoms with Crippen molar-refractivity contribution in [1.82, 2.24) is 14.9 Å². The Balaban J connectivity index is 1.47. The summed E-state index contributed by atoms with van der Waals surface area (Å²) in [5.41, 5.74) is 2.66. The fourth-order valence-electron chi connectivity index (χ4n) is 3.46. The number of aromatic nitrogens is 2. The first-order valence-electron chi connectivity index (χ1n) is 7.26. The molecule has 20 heavy (non-hydrogen) atoms. The molecule has 0 saturated carbocycles. The number of aromatic amines is 1. The molecule has 1 spiro atoms. The van der Waals surface area contributed by atoms with Crippen molar-refractivity contribution in [3.63, 3.8) is 0 Å². The number of likely N-dealkylation sites (tertiary alicyclic amines) is 1. The van der Waals surface area contributed by atoms with Crippen molar-refractivity contribution >= 4 is 11.3 Å². The van der Waals surface area contributed by atoms with E-state index in [0.717, 1.165) is 45.5 Å². The van der Waals surface area contributed by atoms with Crippen LogP contribution in [0.3, 0.4) is 0 Å². The lowest BCUT2D eigenvalue weighted by molar-refractivity contribution is -0.0981. The zero-order valence-corrected chi connectivity index (χ0v) is 12.3. The Morgan fingerprint density at radius 2 is 2.30 bits per heavy atom. The average molecular weight is 289 g/mol. The van der Waals surface area contributed by atoms with E-state index in [1.807, 2.05) is 17.5 Å². The molecule has 0 amide bonds. The maximum absolute atomic E-state index is 6.23. The number of fused-ring (bicyclic) bond motifs is 2. The fraction of sp³-hybridized carbons (Fsp3) is 0.533. The van der Waals surface area contributed by atoms with Gasteiger partial charge in [0.15, 0.2) is 0 Å². The summed E-state index contributed by atoms with van der Waals surface area (Å²) in [5.74, 6) is 0. The molecule has 0 aromatic carbocycles. The molecule has 106 valence electrons. The third-order valence-corrected chi connectivity index (χ3v) is 5.54. The summed E-state index contributed by atoms with van der Waals surface area (Å²) in [6.45, 7) is 4.03. The third kappa shape index (κ3) is 2.10. The van der Waals surface area contributed by atoms with Crippen LogP contribution in [0.1, 0.15) is 29.0 Å². The first-order valence-corrected chi connectivity index (χ1v) is 8.14. The van der Waals surface area contributed by atoms with Gasteiger partial charge in [-0.05, 0) is 29.9 Å². The SMILES string of the molecule is c1ncc(CN2CCC3(CC2)OCCc2sccc23)[nH]1. The molecule has 4 heterocycles. The van der Waals surface area contributed by atoms with E-state index in [9.17, 15) is 0 Å². The summed E-state index contributed by atoms with van der Waals surface area (Å²) >= 11 is 1.89. The van der Waals surface area contributed by atoms with Crippen molar-refractivity contribution in [2.24, 2.45) is 0 Å². The number of nitrogens with zero attached hydrogens (tertiary/aromatic N) is 2. The van der Waals surface area contributed by atoms with Crippen molar-refractivity contribution in [3.8, 4) is 0 Å². The molecular formula is C15H19N3OS. The molecule has 4 nitrogen and oxygen atoms in total. The monoisotopic (exact) mass is 289 g/mol. The molecule has 5 heteroatoms. The van der Waals surface area contributed by atoms with E-state index in [-0.39, 0.29) is 5.60 Å². The summed E-state index contributed by atoms with van der Waals surface area (Å²) in [6.07, 6.45) is 6.96. The van der Waals surface area contributed by atoms with Crippen LogP contribution in [0.15, 0.2) is 24.0 Å². The molecule has 1 N–H and O–H groups in total. The van der Waals surface area contributed by atoms with Gasteiger partial charge in [-0.15, -0.1) is 11.3 Å². The fourth-order valence-corrected chi connectivity index (χ4v) is 4.41. The van der Waals surface area contributed by atoms with Crippen LogP contribution in [-0.4, -0.2) is 34.6 Å². The van der Waals surface area contributed by atoms with Crippen molar-refractivity contribution in [2.75, 3.05) is 19.7 Å². The van der Waals surface area contributed by atoms with Gasteiger partial charge in [-0.25, -0.2) is 4.98 Å². The van der Waals surface area contributed by atoms with Crippen LogP contribution in [0, 0.1) is 0 Å². The molecule has 1 fully saturated rings. The predicted molar refractivity (Wildman–Crippen MR) is 78.8 cm³/mol. The summed E-state index contributed by atoms with van der Waals surface area (Å²) in [4.78, 5) is 11.3. The summed E-state index contributed by atoms with van der Waals surface area (Å²) < 4.78 is 6.23. The van der Waals surface area contributed by atoms with Gasteiger partial charge in [-0.3, -0.25) is 4.90 Å². The van der Waals surface area contributed by atoms with E-state index in [4.69, 9.17) is 4.74 Å². The standard InChI is InChI=1S/C15H19N3OS/c1-7-19-15(13-2-8-20-14(1)13)3-5-18(6-4-15)10-12-9-16-11-17-12/h2,8-9,11H,1,3-7,10H2,(H,16,17). The number of hydrogen-bond acceptors (Lipinski definition) is 4. The Kier molecular flexibility index (Phi) is 3.13. The zero-order valence-electron chi connectivity index (χ0n) is 11.5. The molecule has 0 aliphatic carbocycles. The van der Waals surface area contributed by atoms with Crippen molar-refractivity contribution in [3.05, 3.63) is 40.1 Å². The highest BCUT2D eigenvalue weighted by molar-refractivity contribution is 7.10. The highest BCUT2D eigenvalue weighted by Gasteiger charge is 2.41. The molecule has 2 aromatic rings. The first kappa shape index (κ1) is 12.6. The molecule has 1 saturated heterocycles. The lowest BCUT2D eigenvalue weighted by Gasteiger charge is -2.44. The minimum absolute atomic E-state index is 0.00192. The Hall–Kier alpha value is -1.17. The summed E-state index contributed by atoms with van der Waals surface area (Å²) in [7, 11) is 0. The van der Waals surface area contributed by atoms with Crippen LogP contribution in [0.2, 0.25) is 0 Å². The number of nitrogens with one attached hydrogen (secondary N) is 1. The largest absolute Gasteiger partial charge is 0.370 e. The Morgan fingerprint density at radius 1 is 1.40 bits per heavy atom. The predicted octanol–water partition coefficient (Wildman–Crippen LogP) is 2.54. The summed E-state index contributed by atoms with van der Waals surface area (Å²) in [6, 6.07) is 2.28. The molecule has 0 unspecified atom stereocenters. The van der Waals surface area contributed by atoms with Crippen LogP contribution in [0.4, 0.5) is 0 Å². The van der Waals surface area contributed by atoms with E-state index in [0.29, 0.717) is 0 Å². The lowest BCUT2D eigenvalue weighted by atomic mass is 9.82. The zero-order chi connectivity index (χ0) is 13.4. The maximum Gasteiger partial charge on any atom is 0.0966 e. The van der Waals surface area contributed by atoms with Gasteiger partial charge >= 0.3 is 0 Å². The Morgan fingerprint density at radius 3 is 3.10 bits per heavy atom. The molecule has 0 radical (unpaired) electrons. The van der Waals surface area contributed by atoms with E-state index in [1.54, 1.807) is 11.2 Å². The van der Waals surface area contributed by atoms with Gasteiger partial charge in [0.05, 0.1) is 18.5 Å². The molecular weight excluding hydrogens is 270 g/mol. The number of imidazole rings is 1. The second-order valence-corrected chi connectivity index (χ2v) is 6.70. The minimum Gasteiger partial charge on any atom is -0.370 e. The molecule has 0 bridgehead atoms. The van der Waals surface area contributed by atoms with Crippen LogP contribution in [0.5, 0.6) is 0 Å². The van der Waals surface area contributed by atoms with Crippen molar-refractivity contribution in [1.29, 1.82) is 0 Å². The normalized spacial score (nSPS) is 22.0. The van der Waals surface area contributed by atoms with Crippen molar-refractivity contribution < 1.29 is 4.74 Å². The smallest absolute Gasteiger partial charge is 0.0966 e. The number of ether oxygens (including phenoxy) is 1. The van der Waals surface area contributed by atoms with Crippen LogP contribution in [0.25, 0.3) is 0 Å². The lowest BCUT2D eigenvalue weighted by Crippen LogP contribution is -2.45. The number of thiophene rings is 1. The van der Waals surface area contributed by atoms with E-state index in [1.165, 1.54) is 11.3 Å². The molecule has 4 rings (SSSR count). The molecule has 2 aliphatic heterocycles. The van der Waals surface area contributed by atoms with Crippen LogP contribution in [-0.2, 0) is 23.3 Å². The third-order valence-electron chi connectivity index (χ3n) is 4.56. The van der Waals surface area contributed by atoms with Gasteiger partial charge in [0.2, 0.25) is 0 Å². The van der Waals surface area contributed by atoms with Gasteiger partial charge in [0, 0.05) is 42.8 Å². The van der Waals surface area contributed by atoms with E-state index in [2.05, 4.69) is 26.3 Å². The number of piperidine rings is 1. The highest BCUT2D eigenvalue weighted by Crippen LogP contribution is 2.43. The maximum atomic E-state index is 6.23. The number of rotatable bonds is 2. The second-order valence-electron chi connectivity index (χ2n) is 5.70. The van der Waals surface area contributed by atoms with Gasteiger partial charge < -0.3 is 9.72 Å². The summed E-state index contributed by atoms with van der Waals surface area (Å²) in [5, 5.41) is 2.22. The topological polar surface area (TPSA) is 41.2 Å². The Bertz CT molecular complexity index is 570. The average Bonchev–Trinajstić information content (AvgIpc) is 3.13. The van der Waals surface area contributed by atoms with Crippen molar-refractivity contribution in [2.45, 2.75) is 31.4 Å².